The van der Waals surface area contributed by atoms with Gasteiger partial charge in [0.1, 0.15) is 16.9 Å². The summed E-state index contributed by atoms with van der Waals surface area (Å²) < 4.78 is 0. The molecular weight excluding hydrogens is 383 g/mol. The van der Waals surface area contributed by atoms with Gasteiger partial charge in [0.05, 0.1) is 23.2 Å². The Hall–Kier alpha value is -1.87. The van der Waals surface area contributed by atoms with Crippen LogP contribution in [-0.2, 0) is 4.79 Å². The van der Waals surface area contributed by atoms with Crippen molar-refractivity contribution in [3.8, 4) is 0 Å². The number of H-pyrrole nitrogens is 1. The number of rotatable bonds is 4. The molecule has 128 valence electrons. The average molecular weight is 395 g/mol. The average Bonchev–Trinajstić information content (AvgIpc) is 3.19. The molecule has 1 aromatic carbocycles. The standard InChI is InChI=1S/C15H12Cl2N6OS/c16-8-3-1-2-4-9(8)23-10(22-12(17)15(23)24)5-25-14-11-13(19-6-18-11)20-7-21-14/h1-4,6-7,10,12,22H,5H2,(H,18,19,20,21). The van der Waals surface area contributed by atoms with Crippen molar-refractivity contribution in [1.29, 1.82) is 0 Å². The van der Waals surface area contributed by atoms with Gasteiger partial charge in [-0.3, -0.25) is 15.0 Å². The lowest BCUT2D eigenvalue weighted by molar-refractivity contribution is -0.117. The number of fused-ring (bicyclic) bond motifs is 1. The quantitative estimate of drug-likeness (QED) is 0.306. The maximum atomic E-state index is 12.5. The van der Waals surface area contributed by atoms with Crippen LogP contribution in [0, 0.1) is 0 Å². The fourth-order valence-electron chi connectivity index (χ4n) is 2.66. The maximum Gasteiger partial charge on any atom is 0.261 e. The van der Waals surface area contributed by atoms with Crippen LogP contribution in [0.2, 0.25) is 5.02 Å². The third kappa shape index (κ3) is 3.06. The number of amides is 1. The van der Waals surface area contributed by atoms with E-state index in [2.05, 4.69) is 25.3 Å². The number of carbonyl (C=O) groups is 1. The van der Waals surface area contributed by atoms with Crippen LogP contribution < -0.4 is 10.2 Å². The van der Waals surface area contributed by atoms with Gasteiger partial charge in [-0.25, -0.2) is 15.0 Å². The van der Waals surface area contributed by atoms with Gasteiger partial charge in [-0.15, -0.1) is 11.8 Å². The summed E-state index contributed by atoms with van der Waals surface area (Å²) in [7, 11) is 0. The highest BCUT2D eigenvalue weighted by atomic mass is 35.5. The van der Waals surface area contributed by atoms with Crippen molar-refractivity contribution in [3.63, 3.8) is 0 Å². The molecule has 7 nitrogen and oxygen atoms in total. The molecule has 1 amide bonds. The molecule has 10 heteroatoms. The number of nitrogens with zero attached hydrogens (tertiary/aromatic N) is 4. The number of para-hydroxylation sites is 1. The summed E-state index contributed by atoms with van der Waals surface area (Å²) in [4.78, 5) is 29.6. The van der Waals surface area contributed by atoms with E-state index in [9.17, 15) is 4.79 Å². The summed E-state index contributed by atoms with van der Waals surface area (Å²) in [5.74, 6) is 0.306. The zero-order valence-corrected chi connectivity index (χ0v) is 15.0. The minimum Gasteiger partial charge on any atom is -0.341 e. The third-order valence-electron chi connectivity index (χ3n) is 3.78. The first-order chi connectivity index (χ1) is 12.1. The van der Waals surface area contributed by atoms with Crippen LogP contribution >= 0.6 is 35.0 Å². The molecule has 25 heavy (non-hydrogen) atoms. The van der Waals surface area contributed by atoms with Gasteiger partial charge in [0, 0.05) is 5.75 Å². The number of nitrogens with one attached hydrogen (secondary N) is 2. The van der Waals surface area contributed by atoms with Gasteiger partial charge >= 0.3 is 0 Å². The molecule has 3 aromatic rings. The van der Waals surface area contributed by atoms with Gasteiger partial charge in [0.15, 0.2) is 11.1 Å². The highest BCUT2D eigenvalue weighted by molar-refractivity contribution is 7.99. The Bertz CT molecular complexity index is 935. The molecule has 0 bridgehead atoms. The van der Waals surface area contributed by atoms with E-state index in [1.165, 1.54) is 18.1 Å². The van der Waals surface area contributed by atoms with Crippen LogP contribution in [0.3, 0.4) is 0 Å². The summed E-state index contributed by atoms with van der Waals surface area (Å²) in [6.45, 7) is 0. The Balaban J connectivity index is 1.59. The second-order valence-corrected chi connectivity index (χ2v) is 7.15. The van der Waals surface area contributed by atoms with Gasteiger partial charge < -0.3 is 4.98 Å². The molecule has 4 rings (SSSR count). The largest absolute Gasteiger partial charge is 0.341 e. The minimum atomic E-state index is -0.792. The van der Waals surface area contributed by atoms with Gasteiger partial charge in [-0.1, -0.05) is 35.3 Å². The number of hydrogen-bond donors (Lipinski definition) is 2. The van der Waals surface area contributed by atoms with Crippen molar-refractivity contribution in [2.45, 2.75) is 16.7 Å². The van der Waals surface area contributed by atoms with E-state index in [1.807, 2.05) is 12.1 Å². The second kappa shape index (κ2) is 6.80. The molecule has 2 aromatic heterocycles. The number of thioether (sulfide) groups is 1. The normalized spacial score (nSPS) is 20.6. The van der Waals surface area contributed by atoms with E-state index < -0.39 is 5.50 Å². The lowest BCUT2D eigenvalue weighted by Crippen LogP contribution is -2.39. The molecule has 2 unspecified atom stereocenters. The molecule has 2 N–H and O–H groups in total. The van der Waals surface area contributed by atoms with Crippen LogP contribution in [0.5, 0.6) is 0 Å². The molecule has 1 aliphatic rings. The number of imidazole rings is 1. The third-order valence-corrected chi connectivity index (χ3v) is 5.48. The van der Waals surface area contributed by atoms with E-state index in [-0.39, 0.29) is 12.1 Å². The van der Waals surface area contributed by atoms with Crippen molar-refractivity contribution in [2.75, 3.05) is 10.7 Å². The van der Waals surface area contributed by atoms with Crippen LogP contribution in [-0.4, -0.2) is 43.3 Å². The predicted molar refractivity (Wildman–Crippen MR) is 97.9 cm³/mol. The molecule has 0 radical (unpaired) electrons. The van der Waals surface area contributed by atoms with E-state index in [0.29, 0.717) is 22.1 Å². The summed E-state index contributed by atoms with van der Waals surface area (Å²) >= 11 is 13.9. The lowest BCUT2D eigenvalue weighted by Gasteiger charge is -2.24. The first-order valence-corrected chi connectivity index (χ1v) is 9.20. The number of halogens is 2. The number of hydrogen-bond acceptors (Lipinski definition) is 6. The molecule has 3 heterocycles. The molecule has 1 aliphatic heterocycles. The maximum absolute atomic E-state index is 12.5. The fraction of sp³-hybridized carbons (Fsp3) is 0.200. The monoisotopic (exact) mass is 394 g/mol. The van der Waals surface area contributed by atoms with E-state index >= 15 is 0 Å². The molecule has 2 atom stereocenters. The van der Waals surface area contributed by atoms with Crippen LogP contribution in [0.15, 0.2) is 41.9 Å². The smallest absolute Gasteiger partial charge is 0.261 e. The van der Waals surface area contributed by atoms with E-state index in [0.717, 1.165) is 10.5 Å². The van der Waals surface area contributed by atoms with Crippen LogP contribution in [0.25, 0.3) is 11.2 Å². The van der Waals surface area contributed by atoms with Crippen LogP contribution in [0.1, 0.15) is 0 Å². The topological polar surface area (TPSA) is 86.8 Å². The number of aromatic nitrogens is 4. The minimum absolute atomic E-state index is 0.227. The predicted octanol–water partition coefficient (Wildman–Crippen LogP) is 2.63. The Morgan fingerprint density at radius 2 is 2.08 bits per heavy atom. The zero-order valence-electron chi connectivity index (χ0n) is 12.7. The first-order valence-electron chi connectivity index (χ1n) is 7.40. The zero-order chi connectivity index (χ0) is 17.4. The molecule has 0 aliphatic carbocycles. The molecule has 1 fully saturated rings. The Kier molecular flexibility index (Phi) is 4.51. The second-order valence-electron chi connectivity index (χ2n) is 5.30. The van der Waals surface area contributed by atoms with Gasteiger partial charge in [0.25, 0.3) is 5.91 Å². The van der Waals surface area contributed by atoms with Crippen molar-refractivity contribution < 1.29 is 4.79 Å². The SMILES string of the molecule is O=C1C(Cl)NC(CSc2ncnc3nc[nH]c23)N1c1ccccc1Cl. The number of benzene rings is 1. The molecular formula is C15H12Cl2N6OS. The van der Waals surface area contributed by atoms with Gasteiger partial charge in [-0.2, -0.15) is 0 Å². The van der Waals surface area contributed by atoms with Gasteiger partial charge in [0.2, 0.25) is 0 Å². The fourth-order valence-corrected chi connectivity index (χ4v) is 4.11. The Morgan fingerprint density at radius 3 is 2.92 bits per heavy atom. The van der Waals surface area contributed by atoms with Crippen molar-refractivity contribution >= 4 is 57.7 Å². The molecule has 0 spiro atoms. The highest BCUT2D eigenvalue weighted by Gasteiger charge is 2.39. The summed E-state index contributed by atoms with van der Waals surface area (Å²) in [6.07, 6.45) is 2.73. The Morgan fingerprint density at radius 1 is 1.24 bits per heavy atom. The summed E-state index contributed by atoms with van der Waals surface area (Å²) in [6, 6.07) is 7.19. The summed E-state index contributed by atoms with van der Waals surface area (Å²) in [5, 5.41) is 4.34. The van der Waals surface area contributed by atoms with Crippen LogP contribution in [0.4, 0.5) is 5.69 Å². The Labute approximate surface area is 157 Å². The number of carbonyl (C=O) groups excluding carboxylic acids is 1. The van der Waals surface area contributed by atoms with Gasteiger partial charge in [-0.05, 0) is 12.1 Å². The number of anilines is 1. The highest BCUT2D eigenvalue weighted by Crippen LogP contribution is 2.32. The first kappa shape index (κ1) is 16.6. The molecule has 0 saturated carbocycles. The van der Waals surface area contributed by atoms with Crippen molar-refractivity contribution in [2.24, 2.45) is 0 Å². The van der Waals surface area contributed by atoms with E-state index in [4.69, 9.17) is 23.2 Å². The number of alkyl halides is 1. The van der Waals surface area contributed by atoms with Crippen molar-refractivity contribution in [1.82, 2.24) is 25.3 Å². The van der Waals surface area contributed by atoms with E-state index in [1.54, 1.807) is 23.4 Å². The lowest BCUT2D eigenvalue weighted by atomic mass is 10.3. The molecule has 1 saturated heterocycles. The summed E-state index contributed by atoms with van der Waals surface area (Å²) in [5.41, 5.74) is 1.21. The van der Waals surface area contributed by atoms with Crippen molar-refractivity contribution in [3.05, 3.63) is 41.9 Å². The number of aromatic amines is 1.